The molecule has 1 aromatic carbocycles. The number of aliphatic hydroxyl groups excluding tert-OH is 1. The van der Waals surface area contributed by atoms with Gasteiger partial charge in [0.1, 0.15) is 0 Å². The van der Waals surface area contributed by atoms with Crippen LogP contribution in [0.3, 0.4) is 0 Å². The maximum Gasteiger partial charge on any atom is 0.225 e. The molecule has 1 heterocycles. The molecule has 0 bridgehead atoms. The fraction of sp³-hybridized carbons (Fsp3) is 0.611. The second-order valence-electron chi connectivity index (χ2n) is 6.89. The summed E-state index contributed by atoms with van der Waals surface area (Å²) in [5.41, 5.74) is 8.41. The van der Waals surface area contributed by atoms with Gasteiger partial charge < -0.3 is 20.6 Å². The van der Waals surface area contributed by atoms with E-state index in [2.05, 4.69) is 36.1 Å². The van der Waals surface area contributed by atoms with Crippen molar-refractivity contribution < 1.29 is 9.90 Å². The van der Waals surface area contributed by atoms with Crippen LogP contribution in [0.25, 0.3) is 0 Å². The zero-order chi connectivity index (χ0) is 16.4. The minimum atomic E-state index is -0.447. The van der Waals surface area contributed by atoms with Gasteiger partial charge in [0, 0.05) is 43.8 Å². The Morgan fingerprint density at radius 2 is 1.68 bits per heavy atom. The van der Waals surface area contributed by atoms with Crippen molar-refractivity contribution in [2.24, 2.45) is 11.7 Å². The van der Waals surface area contributed by atoms with E-state index in [1.807, 2.05) is 4.90 Å². The summed E-state index contributed by atoms with van der Waals surface area (Å²) in [7, 11) is 0. The Morgan fingerprint density at radius 1 is 1.08 bits per heavy atom. The lowest BCUT2D eigenvalue weighted by molar-refractivity contribution is -0.137. The molecule has 142 valence electrons. The van der Waals surface area contributed by atoms with Crippen LogP contribution in [-0.2, 0) is 4.79 Å². The van der Waals surface area contributed by atoms with Crippen LogP contribution in [-0.4, -0.2) is 54.2 Å². The first-order chi connectivity index (χ1) is 11.0. The monoisotopic (exact) mass is 389 g/mol. The van der Waals surface area contributed by atoms with Crippen LogP contribution in [0.5, 0.6) is 0 Å². The lowest BCUT2D eigenvalue weighted by Gasteiger charge is -2.39. The van der Waals surface area contributed by atoms with Gasteiger partial charge in [0.05, 0.1) is 6.10 Å². The number of rotatable bonds is 2. The SMILES string of the molecule is Cc1ccc(N2CCN(C(=O)[C@H]3CC[C@@H](O)[C@H](N)C3)CC2)cc1.Cl.Cl. The number of nitrogens with zero attached hydrogens (tertiary/aromatic N) is 2. The number of aryl methyl sites for hydroxylation is 1. The highest BCUT2D eigenvalue weighted by atomic mass is 35.5. The Kier molecular flexibility index (Phi) is 8.48. The summed E-state index contributed by atoms with van der Waals surface area (Å²) < 4.78 is 0. The highest BCUT2D eigenvalue weighted by Gasteiger charge is 2.34. The van der Waals surface area contributed by atoms with Crippen molar-refractivity contribution in [3.8, 4) is 0 Å². The second-order valence-corrected chi connectivity index (χ2v) is 6.89. The van der Waals surface area contributed by atoms with E-state index in [1.165, 1.54) is 11.3 Å². The van der Waals surface area contributed by atoms with Gasteiger partial charge >= 0.3 is 0 Å². The number of piperazine rings is 1. The molecule has 1 saturated heterocycles. The molecule has 1 aromatic rings. The number of benzene rings is 1. The van der Waals surface area contributed by atoms with Gasteiger partial charge in [0.15, 0.2) is 0 Å². The smallest absolute Gasteiger partial charge is 0.225 e. The van der Waals surface area contributed by atoms with E-state index in [0.717, 1.165) is 32.6 Å². The summed E-state index contributed by atoms with van der Waals surface area (Å²) in [4.78, 5) is 17.0. The summed E-state index contributed by atoms with van der Waals surface area (Å²) in [5.74, 6) is 0.204. The summed E-state index contributed by atoms with van der Waals surface area (Å²) in [6.45, 7) is 5.36. The quantitative estimate of drug-likeness (QED) is 0.810. The normalized spacial score (nSPS) is 26.4. The highest BCUT2D eigenvalue weighted by Crippen LogP contribution is 2.26. The Labute approximate surface area is 162 Å². The zero-order valence-corrected chi connectivity index (χ0v) is 16.3. The van der Waals surface area contributed by atoms with E-state index in [-0.39, 0.29) is 42.7 Å². The number of hydrogen-bond donors (Lipinski definition) is 2. The van der Waals surface area contributed by atoms with Crippen LogP contribution in [0.15, 0.2) is 24.3 Å². The first kappa shape index (κ1) is 22.0. The van der Waals surface area contributed by atoms with Crippen molar-refractivity contribution >= 4 is 36.4 Å². The average Bonchev–Trinajstić information content (AvgIpc) is 2.57. The van der Waals surface area contributed by atoms with E-state index in [4.69, 9.17) is 5.73 Å². The van der Waals surface area contributed by atoms with Crippen LogP contribution in [0.2, 0.25) is 0 Å². The summed E-state index contributed by atoms with van der Waals surface area (Å²) in [5, 5.41) is 9.71. The molecule has 3 N–H and O–H groups in total. The predicted molar refractivity (Wildman–Crippen MR) is 106 cm³/mol. The fourth-order valence-corrected chi connectivity index (χ4v) is 3.61. The molecule has 1 saturated carbocycles. The first-order valence-corrected chi connectivity index (χ1v) is 8.58. The number of anilines is 1. The molecule has 2 aliphatic rings. The van der Waals surface area contributed by atoms with Gasteiger partial charge in [0.25, 0.3) is 0 Å². The molecule has 2 fully saturated rings. The van der Waals surface area contributed by atoms with Gasteiger partial charge in [0.2, 0.25) is 5.91 Å². The Hall–Kier alpha value is -1.01. The molecule has 1 amide bonds. The van der Waals surface area contributed by atoms with E-state index in [9.17, 15) is 9.90 Å². The van der Waals surface area contributed by atoms with Crippen LogP contribution in [0.1, 0.15) is 24.8 Å². The van der Waals surface area contributed by atoms with Crippen molar-refractivity contribution in [3.05, 3.63) is 29.8 Å². The Balaban J connectivity index is 0.00000156. The molecular formula is C18H29Cl2N3O2. The zero-order valence-electron chi connectivity index (χ0n) is 14.6. The van der Waals surface area contributed by atoms with E-state index in [0.29, 0.717) is 12.8 Å². The number of amides is 1. The fourth-order valence-electron chi connectivity index (χ4n) is 3.61. The lowest BCUT2D eigenvalue weighted by atomic mass is 9.83. The van der Waals surface area contributed by atoms with Gasteiger partial charge in [-0.2, -0.15) is 0 Å². The average molecular weight is 390 g/mol. The number of hydrogen-bond acceptors (Lipinski definition) is 4. The van der Waals surface area contributed by atoms with Crippen molar-refractivity contribution in [1.29, 1.82) is 0 Å². The van der Waals surface area contributed by atoms with Crippen molar-refractivity contribution in [3.63, 3.8) is 0 Å². The molecule has 0 aromatic heterocycles. The highest BCUT2D eigenvalue weighted by molar-refractivity contribution is 5.85. The van der Waals surface area contributed by atoms with Crippen LogP contribution >= 0.6 is 24.8 Å². The van der Waals surface area contributed by atoms with Crippen LogP contribution in [0, 0.1) is 12.8 Å². The van der Waals surface area contributed by atoms with Gasteiger partial charge in [-0.1, -0.05) is 17.7 Å². The van der Waals surface area contributed by atoms with Crippen LogP contribution in [0.4, 0.5) is 5.69 Å². The largest absolute Gasteiger partial charge is 0.392 e. The van der Waals surface area contributed by atoms with E-state index >= 15 is 0 Å². The number of aliphatic hydroxyl groups is 1. The third-order valence-electron chi connectivity index (χ3n) is 5.20. The maximum absolute atomic E-state index is 12.7. The third kappa shape index (κ3) is 5.23. The van der Waals surface area contributed by atoms with E-state index in [1.54, 1.807) is 0 Å². The Bertz CT molecular complexity index is 548. The summed E-state index contributed by atoms with van der Waals surface area (Å²) >= 11 is 0. The van der Waals surface area contributed by atoms with Gasteiger partial charge in [-0.15, -0.1) is 24.8 Å². The molecule has 5 nitrogen and oxygen atoms in total. The molecule has 0 radical (unpaired) electrons. The predicted octanol–water partition coefficient (Wildman–Crippen LogP) is 1.98. The second kappa shape index (κ2) is 9.62. The van der Waals surface area contributed by atoms with Crippen LogP contribution < -0.4 is 10.6 Å². The van der Waals surface area contributed by atoms with E-state index < -0.39 is 6.10 Å². The molecule has 0 unspecified atom stereocenters. The molecule has 0 spiro atoms. The molecule has 3 rings (SSSR count). The third-order valence-corrected chi connectivity index (χ3v) is 5.20. The number of halogens is 2. The maximum atomic E-state index is 12.7. The summed E-state index contributed by atoms with van der Waals surface area (Å²) in [6.07, 6.45) is 1.56. The minimum Gasteiger partial charge on any atom is -0.392 e. The summed E-state index contributed by atoms with van der Waals surface area (Å²) in [6, 6.07) is 8.29. The van der Waals surface area contributed by atoms with Gasteiger partial charge in [-0.05, 0) is 38.3 Å². The van der Waals surface area contributed by atoms with Crippen molar-refractivity contribution in [1.82, 2.24) is 4.90 Å². The first-order valence-electron chi connectivity index (χ1n) is 8.58. The lowest BCUT2D eigenvalue weighted by Crippen LogP contribution is -2.52. The molecule has 1 aliphatic heterocycles. The number of carbonyl (C=O) groups is 1. The van der Waals surface area contributed by atoms with Gasteiger partial charge in [-0.3, -0.25) is 4.79 Å². The number of carbonyl (C=O) groups excluding carboxylic acids is 1. The molecule has 25 heavy (non-hydrogen) atoms. The molecule has 7 heteroatoms. The molecule has 3 atom stereocenters. The topological polar surface area (TPSA) is 69.8 Å². The van der Waals surface area contributed by atoms with Crippen molar-refractivity contribution in [2.75, 3.05) is 31.1 Å². The number of nitrogens with two attached hydrogens (primary N) is 1. The molecular weight excluding hydrogens is 361 g/mol. The van der Waals surface area contributed by atoms with Crippen molar-refractivity contribution in [2.45, 2.75) is 38.3 Å². The standard InChI is InChI=1S/C18H27N3O2.2ClH/c1-13-2-5-15(6-3-13)20-8-10-21(11-9-20)18(23)14-4-7-17(22)16(19)12-14;;/h2-3,5-6,14,16-17,22H,4,7-12,19H2,1H3;2*1H/t14-,16+,17+;;/m0../s1. The minimum absolute atomic E-state index is 0. The Morgan fingerprint density at radius 3 is 2.24 bits per heavy atom. The van der Waals surface area contributed by atoms with Gasteiger partial charge in [-0.25, -0.2) is 0 Å². The molecule has 1 aliphatic carbocycles.